The van der Waals surface area contributed by atoms with Crippen LogP contribution >= 0.6 is 0 Å². The molecule has 1 saturated carbocycles. The van der Waals surface area contributed by atoms with Crippen molar-refractivity contribution in [2.24, 2.45) is 0 Å². The van der Waals surface area contributed by atoms with Crippen LogP contribution in [0.25, 0.3) is 0 Å². The van der Waals surface area contributed by atoms with Gasteiger partial charge in [-0.05, 0) is 39.3 Å². The molecule has 3 heteroatoms. The minimum atomic E-state index is 0.750. The van der Waals surface area contributed by atoms with Gasteiger partial charge in [-0.15, -0.1) is 0 Å². The van der Waals surface area contributed by atoms with Crippen molar-refractivity contribution in [2.75, 3.05) is 39.3 Å². The zero-order valence-corrected chi connectivity index (χ0v) is 13.3. The van der Waals surface area contributed by atoms with Crippen molar-refractivity contribution in [3.05, 3.63) is 0 Å². The predicted octanol–water partition coefficient (Wildman–Crippen LogP) is 2.13. The average molecular weight is 255 g/mol. The molecule has 0 aromatic heterocycles. The van der Waals surface area contributed by atoms with Crippen LogP contribution in [0.2, 0.25) is 0 Å². The SMILES string of the molecule is CCN(CC)C1C(N(CC)CC)C1N(CC)CC. The van der Waals surface area contributed by atoms with Crippen molar-refractivity contribution in [3.8, 4) is 0 Å². The lowest BCUT2D eigenvalue weighted by atomic mass is 10.4. The van der Waals surface area contributed by atoms with Gasteiger partial charge in [-0.1, -0.05) is 41.5 Å². The van der Waals surface area contributed by atoms with E-state index in [-0.39, 0.29) is 0 Å². The molecule has 0 amide bonds. The molecule has 0 aromatic rings. The molecule has 0 spiro atoms. The molecular formula is C15H33N3. The molecule has 1 rings (SSSR count). The summed E-state index contributed by atoms with van der Waals surface area (Å²) in [6.07, 6.45) is 0. The van der Waals surface area contributed by atoms with Crippen molar-refractivity contribution >= 4 is 0 Å². The van der Waals surface area contributed by atoms with E-state index in [1.807, 2.05) is 0 Å². The molecule has 0 aromatic carbocycles. The molecule has 0 unspecified atom stereocenters. The van der Waals surface area contributed by atoms with Gasteiger partial charge in [0.05, 0.1) is 0 Å². The van der Waals surface area contributed by atoms with E-state index in [0.717, 1.165) is 18.1 Å². The second-order valence-electron chi connectivity index (χ2n) is 5.14. The molecule has 0 atom stereocenters. The molecular weight excluding hydrogens is 222 g/mol. The first-order valence-corrected chi connectivity index (χ1v) is 7.91. The van der Waals surface area contributed by atoms with Crippen molar-refractivity contribution in [1.29, 1.82) is 0 Å². The minimum Gasteiger partial charge on any atom is -0.298 e. The summed E-state index contributed by atoms with van der Waals surface area (Å²) in [6.45, 7) is 20.8. The number of nitrogens with zero attached hydrogens (tertiary/aromatic N) is 3. The molecule has 1 fully saturated rings. The van der Waals surface area contributed by atoms with Crippen LogP contribution in [0.15, 0.2) is 0 Å². The van der Waals surface area contributed by atoms with Crippen LogP contribution in [0, 0.1) is 0 Å². The van der Waals surface area contributed by atoms with E-state index in [9.17, 15) is 0 Å². The van der Waals surface area contributed by atoms with Gasteiger partial charge < -0.3 is 0 Å². The topological polar surface area (TPSA) is 9.72 Å². The van der Waals surface area contributed by atoms with Gasteiger partial charge >= 0.3 is 0 Å². The third-order valence-corrected chi connectivity index (χ3v) is 4.61. The quantitative estimate of drug-likeness (QED) is 0.625. The van der Waals surface area contributed by atoms with Crippen molar-refractivity contribution in [2.45, 2.75) is 59.7 Å². The van der Waals surface area contributed by atoms with Gasteiger partial charge in [-0.25, -0.2) is 0 Å². The highest BCUT2D eigenvalue weighted by Gasteiger charge is 2.57. The van der Waals surface area contributed by atoms with Gasteiger partial charge in [0.25, 0.3) is 0 Å². The minimum absolute atomic E-state index is 0.750. The van der Waals surface area contributed by atoms with E-state index in [0.29, 0.717) is 0 Å². The Kier molecular flexibility index (Phi) is 6.61. The Labute approximate surface area is 114 Å². The molecule has 0 saturated heterocycles. The first-order chi connectivity index (χ1) is 8.69. The maximum Gasteiger partial charge on any atom is 0.0438 e. The monoisotopic (exact) mass is 255 g/mol. The molecule has 0 aliphatic heterocycles. The first-order valence-electron chi connectivity index (χ1n) is 7.91. The van der Waals surface area contributed by atoms with Gasteiger partial charge in [0, 0.05) is 18.1 Å². The summed E-state index contributed by atoms with van der Waals surface area (Å²) in [5.74, 6) is 0. The highest BCUT2D eigenvalue weighted by molar-refractivity contribution is 5.17. The second-order valence-corrected chi connectivity index (χ2v) is 5.14. The molecule has 0 bridgehead atoms. The van der Waals surface area contributed by atoms with Crippen molar-refractivity contribution in [1.82, 2.24) is 14.7 Å². The number of likely N-dealkylation sites (N-methyl/N-ethyl adjacent to an activating group) is 3. The molecule has 1 aliphatic rings. The Morgan fingerprint density at radius 1 is 0.444 bits per heavy atom. The third kappa shape index (κ3) is 3.06. The highest BCUT2D eigenvalue weighted by Crippen LogP contribution is 2.38. The maximum absolute atomic E-state index is 2.64. The van der Waals surface area contributed by atoms with Crippen molar-refractivity contribution < 1.29 is 0 Å². The molecule has 1 aliphatic carbocycles. The Hall–Kier alpha value is -0.120. The number of hydrogen-bond donors (Lipinski definition) is 0. The van der Waals surface area contributed by atoms with Gasteiger partial charge in [0.1, 0.15) is 0 Å². The van der Waals surface area contributed by atoms with Crippen molar-refractivity contribution in [3.63, 3.8) is 0 Å². The van der Waals surface area contributed by atoms with Crippen LogP contribution in [-0.2, 0) is 0 Å². The Balaban J connectivity index is 2.78. The highest BCUT2D eigenvalue weighted by atomic mass is 15.4. The lowest BCUT2D eigenvalue weighted by Crippen LogP contribution is -2.34. The zero-order chi connectivity index (χ0) is 13.7. The van der Waals surface area contributed by atoms with E-state index in [1.165, 1.54) is 39.3 Å². The van der Waals surface area contributed by atoms with E-state index in [2.05, 4.69) is 56.2 Å². The van der Waals surface area contributed by atoms with Gasteiger partial charge in [-0.2, -0.15) is 0 Å². The molecule has 0 radical (unpaired) electrons. The Morgan fingerprint density at radius 2 is 0.611 bits per heavy atom. The van der Waals surface area contributed by atoms with Crippen LogP contribution in [-0.4, -0.2) is 72.1 Å². The van der Waals surface area contributed by atoms with Gasteiger partial charge in [0.15, 0.2) is 0 Å². The van der Waals surface area contributed by atoms with Crippen LogP contribution in [0.3, 0.4) is 0 Å². The molecule has 108 valence electrons. The average Bonchev–Trinajstić information content (AvgIpc) is 3.10. The summed E-state index contributed by atoms with van der Waals surface area (Å²) in [5.41, 5.74) is 0. The van der Waals surface area contributed by atoms with Crippen LogP contribution < -0.4 is 0 Å². The van der Waals surface area contributed by atoms with E-state index < -0.39 is 0 Å². The fraction of sp³-hybridized carbons (Fsp3) is 1.00. The van der Waals surface area contributed by atoms with Crippen LogP contribution in [0.1, 0.15) is 41.5 Å². The predicted molar refractivity (Wildman–Crippen MR) is 80.1 cm³/mol. The first kappa shape index (κ1) is 15.9. The summed E-state index contributed by atoms with van der Waals surface area (Å²) in [7, 11) is 0. The molecule has 18 heavy (non-hydrogen) atoms. The lowest BCUT2D eigenvalue weighted by Gasteiger charge is -2.22. The molecule has 0 N–H and O–H groups in total. The van der Waals surface area contributed by atoms with E-state index in [1.54, 1.807) is 0 Å². The van der Waals surface area contributed by atoms with Gasteiger partial charge in [-0.3, -0.25) is 14.7 Å². The Bertz CT molecular complexity index is 176. The summed E-state index contributed by atoms with van der Waals surface area (Å²) >= 11 is 0. The molecule has 3 nitrogen and oxygen atoms in total. The van der Waals surface area contributed by atoms with E-state index in [4.69, 9.17) is 0 Å². The Morgan fingerprint density at radius 3 is 0.722 bits per heavy atom. The fourth-order valence-corrected chi connectivity index (χ4v) is 3.50. The molecule has 0 heterocycles. The second kappa shape index (κ2) is 7.46. The normalized spacial score (nSPS) is 27.5. The maximum atomic E-state index is 2.64. The lowest BCUT2D eigenvalue weighted by molar-refractivity contribution is 0.222. The van der Waals surface area contributed by atoms with Gasteiger partial charge in [0.2, 0.25) is 0 Å². The van der Waals surface area contributed by atoms with Crippen LogP contribution in [0.5, 0.6) is 0 Å². The summed E-state index contributed by atoms with van der Waals surface area (Å²) in [6, 6.07) is 2.25. The number of hydrogen-bond acceptors (Lipinski definition) is 3. The number of rotatable bonds is 9. The summed E-state index contributed by atoms with van der Waals surface area (Å²) in [5, 5.41) is 0. The summed E-state index contributed by atoms with van der Waals surface area (Å²) < 4.78 is 0. The standard InChI is InChI=1S/C15H33N3/c1-7-16(8-2)13-14(17(9-3)10-4)15(13)18(11-5)12-6/h13-15H,7-12H2,1-6H3. The fourth-order valence-electron chi connectivity index (χ4n) is 3.50. The van der Waals surface area contributed by atoms with Crippen LogP contribution in [0.4, 0.5) is 0 Å². The smallest absolute Gasteiger partial charge is 0.0438 e. The third-order valence-electron chi connectivity index (χ3n) is 4.61. The van der Waals surface area contributed by atoms with E-state index >= 15 is 0 Å². The zero-order valence-electron chi connectivity index (χ0n) is 13.3. The largest absolute Gasteiger partial charge is 0.298 e. The summed E-state index contributed by atoms with van der Waals surface area (Å²) in [4.78, 5) is 7.93.